The zero-order chi connectivity index (χ0) is 18.1. The van der Waals surface area contributed by atoms with Gasteiger partial charge >= 0.3 is 0 Å². The van der Waals surface area contributed by atoms with Gasteiger partial charge in [-0.1, -0.05) is 29.3 Å². The molecule has 3 N–H and O–H groups in total. The van der Waals surface area contributed by atoms with E-state index in [0.717, 1.165) is 11.1 Å². The van der Waals surface area contributed by atoms with Crippen LogP contribution in [0.1, 0.15) is 15.9 Å². The van der Waals surface area contributed by atoms with Gasteiger partial charge in [0.2, 0.25) is 0 Å². The minimum Gasteiger partial charge on any atom is -0.359 e. The Balaban J connectivity index is 1.53. The molecule has 8 heteroatoms. The van der Waals surface area contributed by atoms with Crippen LogP contribution in [-0.4, -0.2) is 26.1 Å². The molecule has 1 amide bonds. The number of hydrogen-bond donors (Lipinski definition) is 3. The first-order valence-electron chi connectivity index (χ1n) is 7.82. The minimum atomic E-state index is -0.235. The maximum absolute atomic E-state index is 12.4. The molecule has 0 aliphatic carbocycles. The van der Waals surface area contributed by atoms with Crippen molar-refractivity contribution in [2.24, 2.45) is 0 Å². The number of benzene rings is 1. The quantitative estimate of drug-likeness (QED) is 0.492. The van der Waals surface area contributed by atoms with Gasteiger partial charge in [-0.05, 0) is 30.3 Å². The second-order valence-electron chi connectivity index (χ2n) is 5.66. The molecule has 0 radical (unpaired) electrons. The van der Waals surface area contributed by atoms with Crippen molar-refractivity contribution in [3.05, 3.63) is 70.0 Å². The first kappa shape index (κ1) is 16.6. The molecule has 0 fully saturated rings. The summed E-state index contributed by atoms with van der Waals surface area (Å²) >= 11 is 12.3. The number of carbonyl (C=O) groups excluding carboxylic acids is 1. The van der Waals surface area contributed by atoms with Gasteiger partial charge in [0, 0.05) is 39.9 Å². The third kappa shape index (κ3) is 3.05. The summed E-state index contributed by atoms with van der Waals surface area (Å²) in [7, 11) is 0. The van der Waals surface area contributed by atoms with Crippen molar-refractivity contribution >= 4 is 40.1 Å². The first-order valence-corrected chi connectivity index (χ1v) is 8.58. The lowest BCUT2D eigenvalue weighted by Gasteiger charge is -2.07. The molecule has 0 saturated heterocycles. The molecule has 130 valence electrons. The third-order valence-corrected chi connectivity index (χ3v) is 4.73. The number of fused-ring (bicyclic) bond motifs is 1. The van der Waals surface area contributed by atoms with Crippen LogP contribution >= 0.6 is 23.2 Å². The highest BCUT2D eigenvalue weighted by Gasteiger charge is 2.14. The van der Waals surface area contributed by atoms with Crippen LogP contribution in [0.2, 0.25) is 10.0 Å². The van der Waals surface area contributed by atoms with Crippen molar-refractivity contribution in [3.8, 4) is 11.4 Å². The monoisotopic (exact) mass is 385 g/mol. The normalized spacial score (nSPS) is 11.0. The zero-order valence-electron chi connectivity index (χ0n) is 13.4. The highest BCUT2D eigenvalue weighted by atomic mass is 35.5. The predicted molar refractivity (Wildman–Crippen MR) is 101 cm³/mol. The van der Waals surface area contributed by atoms with Crippen LogP contribution in [-0.2, 0) is 6.54 Å². The van der Waals surface area contributed by atoms with Crippen LogP contribution in [0, 0.1) is 0 Å². The molecule has 0 saturated carbocycles. The molecular weight excluding hydrogens is 373 g/mol. The Morgan fingerprint density at radius 1 is 1.15 bits per heavy atom. The number of hydrogen-bond acceptors (Lipinski definition) is 3. The number of nitrogens with one attached hydrogen (secondary N) is 3. The van der Waals surface area contributed by atoms with E-state index >= 15 is 0 Å². The van der Waals surface area contributed by atoms with Crippen molar-refractivity contribution in [2.45, 2.75) is 6.54 Å². The van der Waals surface area contributed by atoms with E-state index in [-0.39, 0.29) is 12.5 Å². The molecule has 0 bridgehead atoms. The summed E-state index contributed by atoms with van der Waals surface area (Å²) in [6.07, 6.45) is 3.33. The van der Waals surface area contributed by atoms with Crippen molar-refractivity contribution in [1.29, 1.82) is 0 Å². The van der Waals surface area contributed by atoms with Gasteiger partial charge in [-0.15, -0.1) is 0 Å². The lowest BCUT2D eigenvalue weighted by molar-refractivity contribution is 0.0951. The number of nitrogens with zero attached hydrogens (tertiary/aromatic N) is 2. The average molecular weight is 386 g/mol. The van der Waals surface area contributed by atoms with Gasteiger partial charge in [0.25, 0.3) is 5.91 Å². The van der Waals surface area contributed by atoms with Crippen molar-refractivity contribution in [3.63, 3.8) is 0 Å². The second-order valence-corrected chi connectivity index (χ2v) is 6.47. The van der Waals surface area contributed by atoms with Gasteiger partial charge < -0.3 is 10.3 Å². The fourth-order valence-electron chi connectivity index (χ4n) is 2.69. The van der Waals surface area contributed by atoms with E-state index in [2.05, 4.69) is 25.5 Å². The number of H-pyrrole nitrogens is 2. The maximum atomic E-state index is 12.4. The highest BCUT2D eigenvalue weighted by Crippen LogP contribution is 2.26. The molecule has 1 aromatic carbocycles. The van der Waals surface area contributed by atoms with Gasteiger partial charge in [0.15, 0.2) is 5.65 Å². The van der Waals surface area contributed by atoms with E-state index in [4.69, 9.17) is 23.2 Å². The van der Waals surface area contributed by atoms with E-state index in [1.165, 1.54) is 0 Å². The Labute approximate surface area is 158 Å². The van der Waals surface area contributed by atoms with Gasteiger partial charge in [-0.3, -0.25) is 9.89 Å². The Bertz CT molecular complexity index is 1080. The van der Waals surface area contributed by atoms with Crippen LogP contribution in [0.5, 0.6) is 0 Å². The zero-order valence-corrected chi connectivity index (χ0v) is 14.9. The fourth-order valence-corrected chi connectivity index (χ4v) is 3.23. The first-order chi connectivity index (χ1) is 12.6. The summed E-state index contributed by atoms with van der Waals surface area (Å²) in [4.78, 5) is 19.7. The van der Waals surface area contributed by atoms with Gasteiger partial charge in [0.1, 0.15) is 5.69 Å². The van der Waals surface area contributed by atoms with Crippen LogP contribution < -0.4 is 5.32 Å². The topological polar surface area (TPSA) is 86.5 Å². The van der Waals surface area contributed by atoms with Crippen molar-refractivity contribution in [2.75, 3.05) is 0 Å². The van der Waals surface area contributed by atoms with Crippen LogP contribution in [0.15, 0.2) is 48.8 Å². The van der Waals surface area contributed by atoms with Crippen LogP contribution in [0.3, 0.4) is 0 Å². The molecule has 6 nitrogen and oxygen atoms in total. The molecule has 0 aliphatic heterocycles. The van der Waals surface area contributed by atoms with E-state index < -0.39 is 0 Å². The van der Waals surface area contributed by atoms with Gasteiger partial charge in [-0.25, -0.2) is 4.98 Å². The molecule has 0 atom stereocenters. The molecule has 3 aromatic heterocycles. The molecule has 4 aromatic rings. The molecule has 0 spiro atoms. The number of halogens is 2. The van der Waals surface area contributed by atoms with E-state index in [9.17, 15) is 4.79 Å². The molecule has 4 rings (SSSR count). The summed E-state index contributed by atoms with van der Waals surface area (Å²) in [5.41, 5.74) is 3.30. The van der Waals surface area contributed by atoms with Crippen LogP contribution in [0.4, 0.5) is 0 Å². The smallest absolute Gasteiger partial charge is 0.253 e. The SMILES string of the molecule is O=C(NCc1c(Cl)cccc1Cl)c1c[nH]c(-c2n[nH]c3ncccc23)c1. The van der Waals surface area contributed by atoms with Crippen LogP contribution in [0.25, 0.3) is 22.4 Å². The fraction of sp³-hybridized carbons (Fsp3) is 0.0556. The number of rotatable bonds is 4. The number of aromatic nitrogens is 4. The van der Waals surface area contributed by atoms with E-state index in [1.54, 1.807) is 36.7 Å². The van der Waals surface area contributed by atoms with E-state index in [1.807, 2.05) is 12.1 Å². The lowest BCUT2D eigenvalue weighted by Crippen LogP contribution is -2.22. The Morgan fingerprint density at radius 3 is 2.77 bits per heavy atom. The minimum absolute atomic E-state index is 0.235. The number of carbonyl (C=O) groups is 1. The highest BCUT2D eigenvalue weighted by molar-refractivity contribution is 6.36. The van der Waals surface area contributed by atoms with Gasteiger partial charge in [0.05, 0.1) is 11.3 Å². The summed E-state index contributed by atoms with van der Waals surface area (Å²) in [6.45, 7) is 0.243. The number of amides is 1. The average Bonchev–Trinajstić information content (AvgIpc) is 3.28. The van der Waals surface area contributed by atoms with Crippen molar-refractivity contribution in [1.82, 2.24) is 25.5 Å². The molecule has 0 unspecified atom stereocenters. The third-order valence-electron chi connectivity index (χ3n) is 4.02. The largest absolute Gasteiger partial charge is 0.359 e. The number of pyridine rings is 1. The summed E-state index contributed by atoms with van der Waals surface area (Å²) in [6, 6.07) is 10.7. The lowest BCUT2D eigenvalue weighted by atomic mass is 10.2. The summed E-state index contributed by atoms with van der Waals surface area (Å²) in [5.74, 6) is -0.235. The van der Waals surface area contributed by atoms with Gasteiger partial charge in [-0.2, -0.15) is 5.10 Å². The van der Waals surface area contributed by atoms with E-state index in [0.29, 0.717) is 32.5 Å². The standard InChI is InChI=1S/C18H13Cl2N5O/c19-13-4-1-5-14(20)12(13)9-23-18(26)10-7-15(22-8-10)16-11-3-2-6-21-17(11)25-24-16/h1-8,22H,9H2,(H,23,26)(H,21,24,25). The molecule has 0 aliphatic rings. The second kappa shape index (κ2) is 6.82. The van der Waals surface area contributed by atoms with Crippen molar-refractivity contribution < 1.29 is 4.79 Å². The summed E-state index contributed by atoms with van der Waals surface area (Å²) in [5, 5.41) is 11.9. The predicted octanol–water partition coefficient (Wildman–Crippen LogP) is 4.19. The Hall–Kier alpha value is -2.83. The summed E-state index contributed by atoms with van der Waals surface area (Å²) < 4.78 is 0. The molecule has 26 heavy (non-hydrogen) atoms. The Morgan fingerprint density at radius 2 is 1.96 bits per heavy atom. The molecular formula is C18H13Cl2N5O. The molecule has 3 heterocycles. The Kier molecular flexibility index (Phi) is 4.36. The number of aromatic amines is 2. The maximum Gasteiger partial charge on any atom is 0.253 e.